The number of hydrogen-bond acceptors (Lipinski definition) is 5. The van der Waals surface area contributed by atoms with Crippen LogP contribution in [0.1, 0.15) is 5.76 Å². The van der Waals surface area contributed by atoms with Crippen LogP contribution in [0.4, 0.5) is 0 Å². The van der Waals surface area contributed by atoms with Crippen molar-refractivity contribution in [2.75, 3.05) is 20.8 Å². The number of rotatable bonds is 7. The Morgan fingerprint density at radius 3 is 2.62 bits per heavy atom. The number of hydrogen-bond donors (Lipinski definition) is 1. The number of carbonyl (C=O) groups is 1. The maximum Gasteiger partial charge on any atom is 0.258 e. The number of benzene rings is 1. The third-order valence-electron chi connectivity index (χ3n) is 2.77. The van der Waals surface area contributed by atoms with Gasteiger partial charge in [0.05, 0.1) is 27.0 Å². The van der Waals surface area contributed by atoms with Gasteiger partial charge in [0.25, 0.3) is 5.91 Å². The maximum atomic E-state index is 11.7. The minimum atomic E-state index is -0.253. The van der Waals surface area contributed by atoms with Crippen molar-refractivity contribution in [2.24, 2.45) is 0 Å². The Bertz CT molecular complexity index is 580. The molecular formula is C15H17NO5. The van der Waals surface area contributed by atoms with Gasteiger partial charge in [0.1, 0.15) is 5.76 Å². The van der Waals surface area contributed by atoms with Crippen molar-refractivity contribution in [3.8, 4) is 17.2 Å². The summed E-state index contributed by atoms with van der Waals surface area (Å²) in [7, 11) is 3.05. The molecule has 0 aliphatic carbocycles. The fourth-order valence-corrected chi connectivity index (χ4v) is 1.76. The molecule has 21 heavy (non-hydrogen) atoms. The van der Waals surface area contributed by atoms with E-state index in [9.17, 15) is 4.79 Å². The minimum Gasteiger partial charge on any atom is -0.493 e. The van der Waals surface area contributed by atoms with Crippen LogP contribution < -0.4 is 19.5 Å². The third kappa shape index (κ3) is 3.92. The van der Waals surface area contributed by atoms with Gasteiger partial charge in [-0.1, -0.05) is 6.07 Å². The number of furan rings is 1. The van der Waals surface area contributed by atoms with Crippen LogP contribution in [0.5, 0.6) is 17.2 Å². The SMILES string of the molecule is COc1cccc(OCC(=O)NCc2ccco2)c1OC. The Balaban J connectivity index is 1.89. The second kappa shape index (κ2) is 7.23. The van der Waals surface area contributed by atoms with E-state index in [4.69, 9.17) is 18.6 Å². The summed E-state index contributed by atoms with van der Waals surface area (Å²) < 4.78 is 21.0. The first-order valence-electron chi connectivity index (χ1n) is 6.37. The molecule has 0 saturated heterocycles. The van der Waals surface area contributed by atoms with Crippen LogP contribution in [0.2, 0.25) is 0 Å². The van der Waals surface area contributed by atoms with Crippen molar-refractivity contribution in [1.29, 1.82) is 0 Å². The van der Waals surface area contributed by atoms with Crippen LogP contribution in [0.15, 0.2) is 41.0 Å². The number of para-hydroxylation sites is 1. The number of ether oxygens (including phenoxy) is 3. The first kappa shape index (κ1) is 14.8. The summed E-state index contributed by atoms with van der Waals surface area (Å²) >= 11 is 0. The molecule has 1 N–H and O–H groups in total. The molecule has 1 heterocycles. The molecule has 1 amide bonds. The highest BCUT2D eigenvalue weighted by Gasteiger charge is 2.12. The van der Waals surface area contributed by atoms with Gasteiger partial charge in [-0.15, -0.1) is 0 Å². The van der Waals surface area contributed by atoms with E-state index < -0.39 is 0 Å². The van der Waals surface area contributed by atoms with E-state index >= 15 is 0 Å². The predicted octanol–water partition coefficient (Wildman–Crippen LogP) is 1.99. The van der Waals surface area contributed by atoms with Gasteiger partial charge in [0.2, 0.25) is 5.75 Å². The van der Waals surface area contributed by atoms with Gasteiger partial charge in [-0.05, 0) is 24.3 Å². The molecule has 112 valence electrons. The summed E-state index contributed by atoms with van der Waals surface area (Å²) in [5.41, 5.74) is 0. The fraction of sp³-hybridized carbons (Fsp3) is 0.267. The standard InChI is InChI=1S/C15H17NO5/c1-18-12-6-3-7-13(15(12)19-2)21-10-14(17)16-9-11-5-4-8-20-11/h3-8H,9-10H2,1-2H3,(H,16,17). The van der Waals surface area contributed by atoms with E-state index in [1.165, 1.54) is 14.2 Å². The molecule has 6 heteroatoms. The lowest BCUT2D eigenvalue weighted by molar-refractivity contribution is -0.123. The summed E-state index contributed by atoms with van der Waals surface area (Å²) in [5.74, 6) is 1.88. The van der Waals surface area contributed by atoms with Crippen molar-refractivity contribution in [3.05, 3.63) is 42.4 Å². The summed E-state index contributed by atoms with van der Waals surface area (Å²) in [6.07, 6.45) is 1.55. The number of amides is 1. The lowest BCUT2D eigenvalue weighted by atomic mass is 10.3. The van der Waals surface area contributed by atoms with E-state index in [1.54, 1.807) is 36.6 Å². The number of carbonyl (C=O) groups excluding carboxylic acids is 1. The average Bonchev–Trinajstić information content (AvgIpc) is 3.03. The molecule has 0 spiro atoms. The fourth-order valence-electron chi connectivity index (χ4n) is 1.76. The van der Waals surface area contributed by atoms with Gasteiger partial charge in [-0.2, -0.15) is 0 Å². The van der Waals surface area contributed by atoms with Gasteiger partial charge >= 0.3 is 0 Å². The predicted molar refractivity (Wildman–Crippen MR) is 75.6 cm³/mol. The molecule has 0 aliphatic heterocycles. The molecule has 0 aliphatic rings. The summed E-state index contributed by atoms with van der Waals surface area (Å²) in [6, 6.07) is 8.77. The normalized spacial score (nSPS) is 10.0. The Labute approximate surface area is 122 Å². The minimum absolute atomic E-state index is 0.121. The lowest BCUT2D eigenvalue weighted by Crippen LogP contribution is -2.28. The Morgan fingerprint density at radius 1 is 1.14 bits per heavy atom. The van der Waals surface area contributed by atoms with Crippen LogP contribution in [0, 0.1) is 0 Å². The van der Waals surface area contributed by atoms with Gasteiger partial charge in [-0.3, -0.25) is 4.79 Å². The van der Waals surface area contributed by atoms with E-state index in [-0.39, 0.29) is 12.5 Å². The molecule has 0 bridgehead atoms. The van der Waals surface area contributed by atoms with Crippen molar-refractivity contribution >= 4 is 5.91 Å². The first-order valence-corrected chi connectivity index (χ1v) is 6.37. The molecule has 1 aromatic carbocycles. The monoisotopic (exact) mass is 291 g/mol. The average molecular weight is 291 g/mol. The van der Waals surface area contributed by atoms with Crippen molar-refractivity contribution in [2.45, 2.75) is 6.54 Å². The molecule has 0 radical (unpaired) electrons. The molecule has 0 fully saturated rings. The molecule has 1 aromatic heterocycles. The highest BCUT2D eigenvalue weighted by atomic mass is 16.5. The zero-order chi connectivity index (χ0) is 15.1. The van der Waals surface area contributed by atoms with Crippen molar-refractivity contribution in [1.82, 2.24) is 5.32 Å². The van der Waals surface area contributed by atoms with E-state index in [0.29, 0.717) is 29.6 Å². The molecule has 0 atom stereocenters. The number of nitrogens with one attached hydrogen (secondary N) is 1. The summed E-state index contributed by atoms with van der Waals surface area (Å²) in [5, 5.41) is 2.69. The summed E-state index contributed by atoms with van der Waals surface area (Å²) in [4.78, 5) is 11.7. The highest BCUT2D eigenvalue weighted by molar-refractivity contribution is 5.77. The zero-order valence-corrected chi connectivity index (χ0v) is 11.9. The van der Waals surface area contributed by atoms with Crippen molar-refractivity contribution in [3.63, 3.8) is 0 Å². The van der Waals surface area contributed by atoms with Crippen LogP contribution in [0.25, 0.3) is 0 Å². The molecule has 0 unspecified atom stereocenters. The van der Waals surface area contributed by atoms with Gasteiger partial charge in [-0.25, -0.2) is 0 Å². The second-order valence-electron chi connectivity index (χ2n) is 4.14. The molecule has 2 rings (SSSR count). The Hall–Kier alpha value is -2.63. The highest BCUT2D eigenvalue weighted by Crippen LogP contribution is 2.36. The third-order valence-corrected chi connectivity index (χ3v) is 2.77. The lowest BCUT2D eigenvalue weighted by Gasteiger charge is -2.13. The Morgan fingerprint density at radius 2 is 1.95 bits per heavy atom. The quantitative estimate of drug-likeness (QED) is 0.845. The Kier molecular flexibility index (Phi) is 5.09. The maximum absolute atomic E-state index is 11.7. The van der Waals surface area contributed by atoms with Gasteiger partial charge in [0, 0.05) is 0 Å². The van der Waals surface area contributed by atoms with Gasteiger partial charge < -0.3 is 23.9 Å². The van der Waals surface area contributed by atoms with Crippen LogP contribution in [0.3, 0.4) is 0 Å². The first-order chi connectivity index (χ1) is 10.2. The summed E-state index contributed by atoms with van der Waals surface area (Å²) in [6.45, 7) is 0.203. The number of methoxy groups -OCH3 is 2. The second-order valence-corrected chi connectivity index (χ2v) is 4.14. The molecule has 2 aromatic rings. The van der Waals surface area contributed by atoms with E-state index in [0.717, 1.165) is 0 Å². The van der Waals surface area contributed by atoms with Crippen LogP contribution in [-0.4, -0.2) is 26.7 Å². The zero-order valence-electron chi connectivity index (χ0n) is 11.9. The van der Waals surface area contributed by atoms with Crippen LogP contribution in [-0.2, 0) is 11.3 Å². The topological polar surface area (TPSA) is 69.9 Å². The largest absolute Gasteiger partial charge is 0.493 e. The molecule has 0 saturated carbocycles. The molecular weight excluding hydrogens is 274 g/mol. The van der Waals surface area contributed by atoms with Crippen molar-refractivity contribution < 1.29 is 23.4 Å². The van der Waals surface area contributed by atoms with E-state index in [2.05, 4.69) is 5.32 Å². The smallest absolute Gasteiger partial charge is 0.258 e. The van der Waals surface area contributed by atoms with E-state index in [1.807, 2.05) is 0 Å². The van der Waals surface area contributed by atoms with Crippen LogP contribution >= 0.6 is 0 Å². The van der Waals surface area contributed by atoms with Gasteiger partial charge in [0.15, 0.2) is 18.1 Å². The molecule has 6 nitrogen and oxygen atoms in total.